The second-order valence-corrected chi connectivity index (χ2v) is 8.95. The predicted octanol–water partition coefficient (Wildman–Crippen LogP) is 0.434. The molecule has 2 aromatic carbocycles. The smallest absolute Gasteiger partial charge is 0.407 e. The van der Waals surface area contributed by atoms with Crippen LogP contribution in [-0.4, -0.2) is 67.1 Å². The quantitative estimate of drug-likeness (QED) is 0.425. The molecule has 0 radical (unpaired) electrons. The third-order valence-electron chi connectivity index (χ3n) is 4.91. The summed E-state index contributed by atoms with van der Waals surface area (Å²) in [4.78, 5) is 11.9. The average molecular weight is 467 g/mol. The first-order valence-corrected chi connectivity index (χ1v) is 11.2. The van der Waals surface area contributed by atoms with Gasteiger partial charge in [-0.3, -0.25) is 4.18 Å². The van der Waals surface area contributed by atoms with E-state index in [2.05, 4.69) is 5.32 Å². The lowest BCUT2D eigenvalue weighted by atomic mass is 9.97. The minimum atomic E-state index is -4.15. The minimum Gasteiger partial charge on any atom is -0.445 e. The zero-order valence-electron chi connectivity index (χ0n) is 17.2. The van der Waals surface area contributed by atoms with Gasteiger partial charge in [-0.25, -0.2) is 4.79 Å². The molecule has 1 fully saturated rings. The summed E-state index contributed by atoms with van der Waals surface area (Å²) in [6.07, 6.45) is -7.36. The molecule has 1 amide bonds. The fourth-order valence-electron chi connectivity index (χ4n) is 3.07. The Hall–Kier alpha value is -2.54. The van der Waals surface area contributed by atoms with E-state index in [1.165, 1.54) is 12.1 Å². The number of ether oxygens (including phenoxy) is 2. The first-order valence-electron chi connectivity index (χ1n) is 9.80. The maximum absolute atomic E-state index is 12.3. The molecule has 0 aliphatic carbocycles. The summed E-state index contributed by atoms with van der Waals surface area (Å²) in [5.41, 5.74) is 1.60. The summed E-state index contributed by atoms with van der Waals surface area (Å²) in [7, 11) is -4.15. The van der Waals surface area contributed by atoms with Crippen molar-refractivity contribution >= 4 is 16.2 Å². The number of aryl methyl sites for hydroxylation is 1. The van der Waals surface area contributed by atoms with Crippen molar-refractivity contribution in [3.63, 3.8) is 0 Å². The Labute approximate surface area is 185 Å². The van der Waals surface area contributed by atoms with Crippen molar-refractivity contribution in [2.45, 2.75) is 49.1 Å². The van der Waals surface area contributed by atoms with Crippen molar-refractivity contribution in [3.05, 3.63) is 65.7 Å². The SMILES string of the molecule is Cc1ccc(S(=O)(=O)OC[C@H]2OC(O)[C@H](NC(=O)OCc3ccccc3)[C@@H](O)[C@H]2O)cc1. The van der Waals surface area contributed by atoms with Gasteiger partial charge >= 0.3 is 6.09 Å². The molecule has 1 heterocycles. The highest BCUT2D eigenvalue weighted by atomic mass is 32.2. The molecule has 0 saturated carbocycles. The fraction of sp³-hybridized carbons (Fsp3) is 0.381. The molecule has 10 nitrogen and oxygen atoms in total. The summed E-state index contributed by atoms with van der Waals surface area (Å²) in [5, 5.41) is 33.0. The maximum atomic E-state index is 12.3. The van der Waals surface area contributed by atoms with Crippen LogP contribution in [0.15, 0.2) is 59.5 Å². The number of carbonyl (C=O) groups is 1. The lowest BCUT2D eigenvalue weighted by Crippen LogP contribution is -2.64. The molecule has 5 atom stereocenters. The number of benzene rings is 2. The Morgan fingerprint density at radius 3 is 2.34 bits per heavy atom. The summed E-state index contributed by atoms with van der Waals surface area (Å²) in [5.74, 6) is 0. The molecule has 1 aliphatic rings. The number of aliphatic hydroxyl groups is 3. The highest BCUT2D eigenvalue weighted by Crippen LogP contribution is 2.22. The van der Waals surface area contributed by atoms with E-state index in [-0.39, 0.29) is 11.5 Å². The first kappa shape index (κ1) is 24.1. The van der Waals surface area contributed by atoms with E-state index in [1.54, 1.807) is 43.3 Å². The summed E-state index contributed by atoms with van der Waals surface area (Å²) >= 11 is 0. The van der Waals surface area contributed by atoms with Gasteiger partial charge in [-0.2, -0.15) is 8.42 Å². The fourth-order valence-corrected chi connectivity index (χ4v) is 3.99. The van der Waals surface area contributed by atoms with Gasteiger partial charge in [-0.05, 0) is 24.6 Å². The average Bonchev–Trinajstić information content (AvgIpc) is 2.78. The Kier molecular flexibility index (Phi) is 7.82. The largest absolute Gasteiger partial charge is 0.445 e. The van der Waals surface area contributed by atoms with E-state index >= 15 is 0 Å². The molecular weight excluding hydrogens is 442 g/mol. The second-order valence-electron chi connectivity index (χ2n) is 7.33. The van der Waals surface area contributed by atoms with E-state index in [4.69, 9.17) is 13.7 Å². The maximum Gasteiger partial charge on any atom is 0.407 e. The van der Waals surface area contributed by atoms with Gasteiger partial charge in [0.25, 0.3) is 10.1 Å². The molecule has 32 heavy (non-hydrogen) atoms. The zero-order valence-corrected chi connectivity index (χ0v) is 18.0. The van der Waals surface area contributed by atoms with Crippen LogP contribution in [0.4, 0.5) is 4.79 Å². The number of nitrogens with one attached hydrogen (secondary N) is 1. The van der Waals surface area contributed by atoms with Crippen molar-refractivity contribution in [1.82, 2.24) is 5.32 Å². The monoisotopic (exact) mass is 467 g/mol. The molecule has 11 heteroatoms. The lowest BCUT2D eigenvalue weighted by molar-refractivity contribution is -0.251. The Morgan fingerprint density at radius 1 is 1.03 bits per heavy atom. The predicted molar refractivity (Wildman–Crippen MR) is 111 cm³/mol. The summed E-state index contributed by atoms with van der Waals surface area (Å²) in [6, 6.07) is 13.4. The minimum absolute atomic E-state index is 0.0394. The lowest BCUT2D eigenvalue weighted by Gasteiger charge is -2.40. The molecule has 174 valence electrons. The third kappa shape index (κ3) is 6.03. The van der Waals surface area contributed by atoms with Crippen LogP contribution in [0.3, 0.4) is 0 Å². The van der Waals surface area contributed by atoms with E-state index in [0.717, 1.165) is 11.1 Å². The molecule has 3 rings (SSSR count). The van der Waals surface area contributed by atoms with Crippen molar-refractivity contribution < 1.29 is 42.2 Å². The highest BCUT2D eigenvalue weighted by molar-refractivity contribution is 7.86. The van der Waals surface area contributed by atoms with Crippen LogP contribution in [-0.2, 0) is 30.4 Å². The van der Waals surface area contributed by atoms with Crippen molar-refractivity contribution in [3.8, 4) is 0 Å². The molecule has 0 bridgehead atoms. The second kappa shape index (κ2) is 10.4. The summed E-state index contributed by atoms with van der Waals surface area (Å²) in [6.45, 7) is 1.10. The molecular formula is C21H25NO9S. The van der Waals surface area contributed by atoms with Gasteiger partial charge in [0.05, 0.1) is 11.5 Å². The molecule has 1 aliphatic heterocycles. The van der Waals surface area contributed by atoms with Crippen LogP contribution in [0.2, 0.25) is 0 Å². The van der Waals surface area contributed by atoms with Crippen LogP contribution in [0, 0.1) is 6.92 Å². The van der Waals surface area contributed by atoms with Gasteiger partial charge in [0.1, 0.15) is 31.0 Å². The Balaban J connectivity index is 1.54. The number of rotatable bonds is 7. The molecule has 2 aromatic rings. The van der Waals surface area contributed by atoms with Crippen molar-refractivity contribution in [2.24, 2.45) is 0 Å². The zero-order chi connectivity index (χ0) is 23.3. The van der Waals surface area contributed by atoms with Crippen LogP contribution < -0.4 is 5.32 Å². The Morgan fingerprint density at radius 2 is 1.69 bits per heavy atom. The number of alkyl carbamates (subject to hydrolysis) is 1. The number of aliphatic hydroxyl groups excluding tert-OH is 3. The molecule has 0 spiro atoms. The van der Waals surface area contributed by atoms with E-state index in [0.29, 0.717) is 0 Å². The van der Waals surface area contributed by atoms with Gasteiger partial charge in [0.2, 0.25) is 0 Å². The van der Waals surface area contributed by atoms with Crippen LogP contribution in [0.1, 0.15) is 11.1 Å². The van der Waals surface area contributed by atoms with Crippen LogP contribution in [0.5, 0.6) is 0 Å². The van der Waals surface area contributed by atoms with E-state index in [1.807, 2.05) is 6.07 Å². The standard InChI is InChI=1S/C21H25NO9S/c1-13-7-9-15(10-8-13)32(27,28)30-12-16-18(23)19(24)17(20(25)31-16)22-21(26)29-11-14-5-3-2-4-6-14/h2-10,16-20,23-25H,11-12H2,1H3,(H,22,26)/t16-,17-,18+,19-,20?/m1/s1. The van der Waals surface area contributed by atoms with E-state index in [9.17, 15) is 28.5 Å². The third-order valence-corrected chi connectivity index (χ3v) is 6.21. The number of hydrogen-bond acceptors (Lipinski definition) is 9. The first-order chi connectivity index (χ1) is 15.2. The van der Waals surface area contributed by atoms with Gasteiger partial charge in [-0.15, -0.1) is 0 Å². The number of amides is 1. The van der Waals surface area contributed by atoms with Gasteiger partial charge < -0.3 is 30.1 Å². The number of hydrogen-bond donors (Lipinski definition) is 4. The van der Waals surface area contributed by atoms with Crippen LogP contribution in [0.25, 0.3) is 0 Å². The summed E-state index contributed by atoms with van der Waals surface area (Å²) < 4.78 is 39.7. The van der Waals surface area contributed by atoms with Gasteiger partial charge in [0.15, 0.2) is 6.29 Å². The van der Waals surface area contributed by atoms with Crippen molar-refractivity contribution in [2.75, 3.05) is 6.61 Å². The topological polar surface area (TPSA) is 152 Å². The normalized spacial score (nSPS) is 25.8. The number of carbonyl (C=O) groups excluding carboxylic acids is 1. The molecule has 1 unspecified atom stereocenters. The van der Waals surface area contributed by atoms with Crippen molar-refractivity contribution in [1.29, 1.82) is 0 Å². The van der Waals surface area contributed by atoms with Gasteiger partial charge in [0, 0.05) is 0 Å². The van der Waals surface area contributed by atoms with Crippen LogP contribution >= 0.6 is 0 Å². The Bertz CT molecular complexity index is 998. The molecule has 4 N–H and O–H groups in total. The molecule has 1 saturated heterocycles. The van der Waals surface area contributed by atoms with E-state index < -0.39 is 53.5 Å². The molecule has 0 aromatic heterocycles. The van der Waals surface area contributed by atoms with Gasteiger partial charge in [-0.1, -0.05) is 48.0 Å². The highest BCUT2D eigenvalue weighted by Gasteiger charge is 2.45.